The summed E-state index contributed by atoms with van der Waals surface area (Å²) in [6.45, 7) is 9.39. The van der Waals surface area contributed by atoms with E-state index in [0.717, 1.165) is 23.0 Å². The molecule has 2 heterocycles. The summed E-state index contributed by atoms with van der Waals surface area (Å²) in [6, 6.07) is 114. The van der Waals surface area contributed by atoms with E-state index in [1.807, 2.05) is 0 Å². The van der Waals surface area contributed by atoms with Gasteiger partial charge in [0, 0.05) is 74.7 Å². The van der Waals surface area contributed by atoms with E-state index >= 15 is 0 Å². The topological polar surface area (TPSA) is 18.5 Å². The van der Waals surface area contributed by atoms with Gasteiger partial charge in [-0.3, -0.25) is 0 Å². The molecular formula is C78H64O2P4Pd. The van der Waals surface area contributed by atoms with Crippen LogP contribution in [-0.2, 0) is 31.3 Å². The van der Waals surface area contributed by atoms with E-state index in [1.54, 1.807) is 0 Å². The van der Waals surface area contributed by atoms with Crippen LogP contribution in [0.15, 0.2) is 315 Å². The van der Waals surface area contributed by atoms with Crippen molar-refractivity contribution in [2.24, 2.45) is 0 Å². The molecule has 0 atom stereocenters. The Kier molecular flexibility index (Phi) is 17.5. The minimum atomic E-state index is -0.824. The molecule has 0 aromatic heterocycles. The maximum absolute atomic E-state index is 7.26. The van der Waals surface area contributed by atoms with Crippen molar-refractivity contribution >= 4 is 95.3 Å². The quantitative estimate of drug-likeness (QED) is 0.0897. The summed E-state index contributed by atoms with van der Waals surface area (Å²) in [5, 5.41) is 15.6. The van der Waals surface area contributed by atoms with Crippen LogP contribution in [0.5, 0.6) is 23.0 Å². The molecule has 2 aliphatic heterocycles. The van der Waals surface area contributed by atoms with Gasteiger partial charge in [0.2, 0.25) is 0 Å². The number of ether oxygens (including phenoxy) is 2. The van der Waals surface area contributed by atoms with Crippen LogP contribution in [-0.4, -0.2) is 0 Å². The van der Waals surface area contributed by atoms with Crippen LogP contribution < -0.4 is 73.1 Å². The van der Waals surface area contributed by atoms with Gasteiger partial charge in [-0.15, -0.1) is 0 Å². The average molecular weight is 1260 g/mol. The molecule has 0 bridgehead atoms. The number of hydrogen-bond donors (Lipinski definition) is 0. The van der Waals surface area contributed by atoms with Crippen molar-refractivity contribution in [2.75, 3.05) is 0 Å². The molecule has 2 aliphatic rings. The first-order valence-electron chi connectivity index (χ1n) is 28.8. The molecule has 0 saturated heterocycles. The molecule has 12 aromatic rings. The largest absolute Gasteiger partial charge is 0.455 e. The maximum Gasteiger partial charge on any atom is 0.139 e. The molecule has 0 amide bonds. The van der Waals surface area contributed by atoms with E-state index in [1.165, 1.54) is 85.9 Å². The predicted octanol–water partition coefficient (Wildman–Crippen LogP) is 15.3. The molecule has 0 unspecified atom stereocenters. The molecule has 0 saturated carbocycles. The van der Waals surface area contributed by atoms with Crippen molar-refractivity contribution in [1.82, 2.24) is 0 Å². The Balaban J connectivity index is 0.000000165. The summed E-state index contributed by atoms with van der Waals surface area (Å²) < 4.78 is 14.5. The van der Waals surface area contributed by atoms with Gasteiger partial charge in [0.05, 0.1) is 0 Å². The molecule has 0 N–H and O–H groups in total. The summed E-state index contributed by atoms with van der Waals surface area (Å²) >= 11 is 0. The number of benzene rings is 12. The Bertz CT molecular complexity index is 3490. The van der Waals surface area contributed by atoms with E-state index in [9.17, 15) is 0 Å². The third-order valence-electron chi connectivity index (χ3n) is 16.2. The standard InChI is InChI=1S/2C39H32OP2.Pd/c2*1-39(2)33-25-15-27-35(41(29-17-7-3-8-18-29)30-19-9-4-10-20-30)37(33)40-38-34(39)26-16-28-36(38)42(31-21-11-5-12-22-31)32-23-13-6-14-24-32;/h2*3-28H,1-2H3;. The minimum Gasteiger partial charge on any atom is -0.455 e. The molecule has 2 nitrogen and oxygen atoms in total. The van der Waals surface area contributed by atoms with Gasteiger partial charge in [-0.2, -0.15) is 0 Å². The third kappa shape index (κ3) is 11.5. The smallest absolute Gasteiger partial charge is 0.139 e. The molecule has 85 heavy (non-hydrogen) atoms. The summed E-state index contributed by atoms with van der Waals surface area (Å²) in [7, 11) is -3.29. The van der Waals surface area contributed by atoms with Crippen LogP contribution in [0.1, 0.15) is 49.9 Å². The fourth-order valence-corrected chi connectivity index (χ4v) is 21.6. The maximum atomic E-state index is 7.26. The van der Waals surface area contributed by atoms with Crippen LogP contribution >= 0.6 is 31.7 Å². The molecule has 7 heteroatoms. The van der Waals surface area contributed by atoms with Crippen molar-refractivity contribution in [3.8, 4) is 23.0 Å². The zero-order chi connectivity index (χ0) is 57.0. The van der Waals surface area contributed by atoms with E-state index in [4.69, 9.17) is 9.47 Å². The van der Waals surface area contributed by atoms with Crippen molar-refractivity contribution < 1.29 is 29.9 Å². The molecule has 0 spiro atoms. The van der Waals surface area contributed by atoms with Crippen LogP contribution in [0.25, 0.3) is 0 Å². The van der Waals surface area contributed by atoms with Gasteiger partial charge < -0.3 is 9.47 Å². The number of fused-ring (bicyclic) bond motifs is 4. The fraction of sp³-hybridized carbons (Fsp3) is 0.0769. The second-order valence-electron chi connectivity index (χ2n) is 22.1. The van der Waals surface area contributed by atoms with Crippen LogP contribution in [0.4, 0.5) is 0 Å². The van der Waals surface area contributed by atoms with E-state index < -0.39 is 31.7 Å². The summed E-state index contributed by atoms with van der Waals surface area (Å²) in [4.78, 5) is 0. The first kappa shape index (κ1) is 58.0. The molecule has 0 radical (unpaired) electrons. The van der Waals surface area contributed by atoms with Crippen molar-refractivity contribution in [3.63, 3.8) is 0 Å². The Hall–Kier alpha value is -7.38. The number of rotatable bonds is 12. The van der Waals surface area contributed by atoms with E-state index in [0.29, 0.717) is 0 Å². The fourth-order valence-electron chi connectivity index (χ4n) is 12.0. The SMILES string of the molecule is CC1(C)c2cccc(P(c3ccccc3)c3ccccc3)c2Oc2c(P(c3ccccc3)c3ccccc3)cccc21.CC1(C)c2cccc(P(c3ccccc3)c3ccccc3)c2Oc2c(P(c3ccccc3)c3ccccc3)cccc21.[Pd]. The zero-order valence-corrected chi connectivity index (χ0v) is 53.1. The Morgan fingerprint density at radius 1 is 0.200 bits per heavy atom. The van der Waals surface area contributed by atoms with E-state index in [-0.39, 0.29) is 31.3 Å². The molecule has 12 aromatic carbocycles. The molecule has 14 rings (SSSR count). The van der Waals surface area contributed by atoms with E-state index in [2.05, 4.69) is 343 Å². The number of hydrogen-bond acceptors (Lipinski definition) is 2. The van der Waals surface area contributed by atoms with Gasteiger partial charge in [-0.25, -0.2) is 0 Å². The Labute approximate surface area is 520 Å². The minimum absolute atomic E-state index is 0. The van der Waals surface area contributed by atoms with Crippen LogP contribution in [0.3, 0.4) is 0 Å². The summed E-state index contributed by atoms with van der Waals surface area (Å²) in [6.07, 6.45) is 0. The van der Waals surface area contributed by atoms with Crippen molar-refractivity contribution in [3.05, 3.63) is 338 Å². The molecular weight excluding hydrogens is 1200 g/mol. The van der Waals surface area contributed by atoms with Gasteiger partial charge in [0.1, 0.15) is 23.0 Å². The van der Waals surface area contributed by atoms with Crippen LogP contribution in [0.2, 0.25) is 0 Å². The normalized spacial score (nSPS) is 13.2. The molecule has 0 aliphatic carbocycles. The van der Waals surface area contributed by atoms with Gasteiger partial charge >= 0.3 is 0 Å². The predicted molar refractivity (Wildman–Crippen MR) is 365 cm³/mol. The summed E-state index contributed by atoms with van der Waals surface area (Å²) in [5.74, 6) is 4.05. The molecule has 418 valence electrons. The van der Waals surface area contributed by atoms with Crippen LogP contribution in [0, 0.1) is 0 Å². The first-order valence-corrected chi connectivity index (χ1v) is 34.1. The Morgan fingerprint density at radius 3 is 0.506 bits per heavy atom. The van der Waals surface area contributed by atoms with Gasteiger partial charge in [-0.1, -0.05) is 343 Å². The number of para-hydroxylation sites is 4. The average Bonchev–Trinajstić information content (AvgIpc) is 1.35. The van der Waals surface area contributed by atoms with Gasteiger partial charge in [-0.05, 0) is 74.1 Å². The van der Waals surface area contributed by atoms with Crippen molar-refractivity contribution in [1.29, 1.82) is 0 Å². The summed E-state index contributed by atoms with van der Waals surface area (Å²) in [5.41, 5.74) is 4.52. The van der Waals surface area contributed by atoms with Crippen molar-refractivity contribution in [2.45, 2.75) is 38.5 Å². The Morgan fingerprint density at radius 2 is 0.353 bits per heavy atom. The second-order valence-corrected chi connectivity index (χ2v) is 30.8. The zero-order valence-electron chi connectivity index (χ0n) is 47.9. The first-order chi connectivity index (χ1) is 41.3. The third-order valence-corrected chi connectivity index (χ3v) is 26.0. The van der Waals surface area contributed by atoms with Gasteiger partial charge in [0.25, 0.3) is 0 Å². The monoisotopic (exact) mass is 1260 g/mol. The second kappa shape index (κ2) is 25.7. The molecule has 0 fully saturated rings. The van der Waals surface area contributed by atoms with Gasteiger partial charge in [0.15, 0.2) is 0 Å².